The first kappa shape index (κ1) is 22.4. The van der Waals surface area contributed by atoms with Crippen molar-refractivity contribution in [2.24, 2.45) is 5.41 Å². The van der Waals surface area contributed by atoms with Gasteiger partial charge in [-0.3, -0.25) is 13.6 Å². The lowest BCUT2D eigenvalue weighted by molar-refractivity contribution is -0.136. The van der Waals surface area contributed by atoms with Crippen molar-refractivity contribution in [3.8, 4) is 0 Å². The molecule has 5 atom stereocenters. The molecule has 10 nitrogen and oxygen atoms in total. The molecule has 3 N–H and O–H groups in total. The minimum atomic E-state index is -4.33. The van der Waals surface area contributed by atoms with Gasteiger partial charge in [-0.2, -0.15) is 4.98 Å². The lowest BCUT2D eigenvalue weighted by Gasteiger charge is -2.42. The van der Waals surface area contributed by atoms with Gasteiger partial charge in [-0.15, -0.1) is 0 Å². The standard InChI is InChI=1S/C18H30N3O7P/c1-6-26-29(23,24)28-13-12-15(21-9-11(2)14(19)20-16(21)22)27-18(13,7-8-25-12)10-17(3,4)5/h9,12-13,15H,6-8,10H2,1-5H3,(H,23,24)(H2,19,20,22)/t12?,13?,15-,18-/m1/s1. The minimum Gasteiger partial charge on any atom is -0.383 e. The molecule has 2 saturated heterocycles. The van der Waals surface area contributed by atoms with Crippen molar-refractivity contribution in [3.05, 3.63) is 22.2 Å². The number of hydrogen-bond acceptors (Lipinski definition) is 8. The molecule has 3 rings (SSSR count). The Morgan fingerprint density at radius 3 is 2.79 bits per heavy atom. The topological polar surface area (TPSA) is 135 Å². The molecule has 29 heavy (non-hydrogen) atoms. The van der Waals surface area contributed by atoms with E-state index in [4.69, 9.17) is 24.3 Å². The zero-order chi connectivity index (χ0) is 21.6. The Kier molecular flexibility index (Phi) is 5.99. The van der Waals surface area contributed by atoms with Crippen LogP contribution in [0.5, 0.6) is 0 Å². The molecule has 2 aliphatic heterocycles. The highest BCUT2D eigenvalue weighted by molar-refractivity contribution is 7.47. The Labute approximate surface area is 169 Å². The summed E-state index contributed by atoms with van der Waals surface area (Å²) in [5.74, 6) is 0.140. The second-order valence-corrected chi connectivity index (χ2v) is 10.2. The summed E-state index contributed by atoms with van der Waals surface area (Å²) in [5.41, 5.74) is 4.67. The number of phosphoric ester groups is 1. The van der Waals surface area contributed by atoms with Gasteiger partial charge in [-0.05, 0) is 25.7 Å². The molecule has 1 aromatic heterocycles. The van der Waals surface area contributed by atoms with Crippen LogP contribution >= 0.6 is 7.82 Å². The monoisotopic (exact) mass is 431 g/mol. The molecule has 11 heteroatoms. The van der Waals surface area contributed by atoms with Gasteiger partial charge in [0.2, 0.25) is 0 Å². The summed E-state index contributed by atoms with van der Waals surface area (Å²) in [6.07, 6.45) is -0.0107. The maximum atomic E-state index is 12.5. The largest absolute Gasteiger partial charge is 0.472 e. The third kappa shape index (κ3) is 4.57. The number of phosphoric acid groups is 1. The van der Waals surface area contributed by atoms with Crippen LogP contribution in [0, 0.1) is 12.3 Å². The SMILES string of the molecule is CCOP(=O)(O)OC1C2OCC[C@]1(CC(C)(C)C)O[C@H]2n1cc(C)c(N)nc1=O. The van der Waals surface area contributed by atoms with Crippen LogP contribution in [0.15, 0.2) is 11.0 Å². The minimum absolute atomic E-state index is 0.0170. The van der Waals surface area contributed by atoms with Crippen LogP contribution in [0.25, 0.3) is 0 Å². The summed E-state index contributed by atoms with van der Waals surface area (Å²) >= 11 is 0. The third-order valence-corrected chi connectivity index (χ3v) is 6.18. The highest BCUT2D eigenvalue weighted by Gasteiger charge is 2.62. The highest BCUT2D eigenvalue weighted by atomic mass is 31.2. The summed E-state index contributed by atoms with van der Waals surface area (Å²) in [4.78, 5) is 26.5. The summed E-state index contributed by atoms with van der Waals surface area (Å²) in [7, 11) is -4.33. The van der Waals surface area contributed by atoms with Gasteiger partial charge in [0, 0.05) is 18.2 Å². The van der Waals surface area contributed by atoms with Crippen molar-refractivity contribution in [1.29, 1.82) is 0 Å². The van der Waals surface area contributed by atoms with E-state index in [1.807, 2.05) is 20.8 Å². The smallest absolute Gasteiger partial charge is 0.383 e. The third-order valence-electron chi connectivity index (χ3n) is 5.11. The molecule has 1 aromatic rings. The van der Waals surface area contributed by atoms with E-state index in [0.29, 0.717) is 25.0 Å². The quantitative estimate of drug-likeness (QED) is 0.649. The van der Waals surface area contributed by atoms with Crippen LogP contribution in [0.3, 0.4) is 0 Å². The van der Waals surface area contributed by atoms with E-state index in [0.717, 1.165) is 0 Å². The first-order valence-electron chi connectivity index (χ1n) is 9.68. The Balaban J connectivity index is 2.05. The average Bonchev–Trinajstić information content (AvgIpc) is 2.72. The van der Waals surface area contributed by atoms with Crippen molar-refractivity contribution in [1.82, 2.24) is 9.55 Å². The number of anilines is 1. The van der Waals surface area contributed by atoms with Gasteiger partial charge in [0.1, 0.15) is 23.6 Å². The number of ether oxygens (including phenoxy) is 2. The number of hydrogen-bond donors (Lipinski definition) is 2. The lowest BCUT2D eigenvalue weighted by atomic mass is 9.76. The molecule has 3 unspecified atom stereocenters. The predicted molar refractivity (Wildman–Crippen MR) is 105 cm³/mol. The fourth-order valence-corrected chi connectivity index (χ4v) is 5.15. The molecule has 0 saturated carbocycles. The maximum Gasteiger partial charge on any atom is 0.472 e. The van der Waals surface area contributed by atoms with E-state index in [1.165, 1.54) is 4.57 Å². The summed E-state index contributed by atoms with van der Waals surface area (Å²) in [6.45, 7) is 9.86. The Bertz CT molecular complexity index is 868. The van der Waals surface area contributed by atoms with Crippen LogP contribution in [-0.4, -0.2) is 45.5 Å². The van der Waals surface area contributed by atoms with Gasteiger partial charge in [-0.1, -0.05) is 20.8 Å². The molecule has 0 radical (unpaired) electrons. The molecule has 0 amide bonds. The van der Waals surface area contributed by atoms with E-state index in [1.54, 1.807) is 20.0 Å². The Hall–Kier alpha value is -1.29. The van der Waals surface area contributed by atoms with Crippen molar-refractivity contribution in [3.63, 3.8) is 0 Å². The van der Waals surface area contributed by atoms with Gasteiger partial charge in [0.15, 0.2) is 6.23 Å². The van der Waals surface area contributed by atoms with Gasteiger partial charge in [0.05, 0.1) is 13.2 Å². The molecule has 2 bridgehead atoms. The van der Waals surface area contributed by atoms with Crippen molar-refractivity contribution < 1.29 is 28.0 Å². The second kappa shape index (κ2) is 7.76. The number of aryl methyl sites for hydroxylation is 1. The van der Waals surface area contributed by atoms with Gasteiger partial charge < -0.3 is 20.1 Å². The van der Waals surface area contributed by atoms with Crippen LogP contribution < -0.4 is 11.4 Å². The van der Waals surface area contributed by atoms with Crippen molar-refractivity contribution in [2.45, 2.75) is 71.5 Å². The molecule has 2 aliphatic rings. The molecule has 0 aromatic carbocycles. The van der Waals surface area contributed by atoms with E-state index >= 15 is 0 Å². The van der Waals surface area contributed by atoms with Crippen LogP contribution in [0.4, 0.5) is 5.82 Å². The fourth-order valence-electron chi connectivity index (χ4n) is 4.16. The normalized spacial score (nSPS) is 31.6. The molecule has 2 fully saturated rings. The lowest BCUT2D eigenvalue weighted by Crippen LogP contribution is -2.51. The maximum absolute atomic E-state index is 12.5. The Morgan fingerprint density at radius 1 is 1.48 bits per heavy atom. The molecular formula is C18H30N3O7P. The summed E-state index contributed by atoms with van der Waals surface area (Å²) < 4.78 is 36.5. The van der Waals surface area contributed by atoms with Crippen molar-refractivity contribution in [2.75, 3.05) is 18.9 Å². The first-order chi connectivity index (χ1) is 13.4. The van der Waals surface area contributed by atoms with E-state index in [2.05, 4.69) is 4.98 Å². The van der Waals surface area contributed by atoms with Gasteiger partial charge in [0.25, 0.3) is 0 Å². The van der Waals surface area contributed by atoms with E-state index < -0.39 is 37.5 Å². The number of aromatic nitrogens is 2. The van der Waals surface area contributed by atoms with E-state index in [9.17, 15) is 14.3 Å². The average molecular weight is 431 g/mol. The molecule has 0 spiro atoms. The zero-order valence-corrected chi connectivity index (χ0v) is 18.3. The first-order valence-corrected chi connectivity index (χ1v) is 11.2. The highest BCUT2D eigenvalue weighted by Crippen LogP contribution is 2.56. The molecule has 3 heterocycles. The summed E-state index contributed by atoms with van der Waals surface area (Å²) in [5, 5.41) is 0. The number of nitrogens with two attached hydrogens (primary N) is 1. The van der Waals surface area contributed by atoms with Crippen LogP contribution in [-0.2, 0) is 23.1 Å². The fraction of sp³-hybridized carbons (Fsp3) is 0.778. The molecular weight excluding hydrogens is 401 g/mol. The zero-order valence-electron chi connectivity index (χ0n) is 17.5. The van der Waals surface area contributed by atoms with Crippen LogP contribution in [0.2, 0.25) is 0 Å². The number of nitrogen functional groups attached to an aromatic ring is 1. The second-order valence-electron chi connectivity index (χ2n) is 8.81. The Morgan fingerprint density at radius 2 is 2.17 bits per heavy atom. The number of nitrogens with zero attached hydrogens (tertiary/aromatic N) is 2. The van der Waals surface area contributed by atoms with Crippen molar-refractivity contribution >= 4 is 13.6 Å². The molecule has 164 valence electrons. The van der Waals surface area contributed by atoms with Crippen LogP contribution in [0.1, 0.15) is 52.3 Å². The molecule has 0 aliphatic carbocycles. The van der Waals surface area contributed by atoms with Gasteiger partial charge in [-0.25, -0.2) is 9.36 Å². The predicted octanol–water partition coefficient (Wildman–Crippen LogP) is 2.15. The number of fused-ring (bicyclic) bond motifs is 2. The van der Waals surface area contributed by atoms with Gasteiger partial charge >= 0.3 is 13.5 Å². The number of rotatable bonds is 6. The summed E-state index contributed by atoms with van der Waals surface area (Å²) in [6, 6.07) is 0. The van der Waals surface area contributed by atoms with E-state index in [-0.39, 0.29) is 17.8 Å².